The molecule has 1 aromatic heterocycles. The molecule has 1 aromatic rings. The van der Waals surface area contributed by atoms with Crippen molar-refractivity contribution in [2.45, 2.75) is 6.92 Å². The minimum Gasteiger partial charge on any atom is -0.340 e. The standard InChI is InChI=1S/C12H18N4O2S/c1-2-19(17,18)16-8-10-6-15(7-11(10)9-16)12-13-4-3-5-14-12/h3-5,10-11H,2,6-9H2,1H3. The van der Waals surface area contributed by atoms with Crippen LogP contribution in [0.1, 0.15) is 6.92 Å². The molecule has 0 bridgehead atoms. The Bertz CT molecular complexity index is 534. The predicted molar refractivity (Wildman–Crippen MR) is 72.3 cm³/mol. The summed E-state index contributed by atoms with van der Waals surface area (Å²) in [4.78, 5) is 10.7. The van der Waals surface area contributed by atoms with E-state index in [1.54, 1.807) is 29.7 Å². The Balaban J connectivity index is 1.68. The minimum atomic E-state index is -3.04. The Labute approximate surface area is 113 Å². The largest absolute Gasteiger partial charge is 0.340 e. The fraction of sp³-hybridized carbons (Fsp3) is 0.667. The smallest absolute Gasteiger partial charge is 0.225 e. The van der Waals surface area contributed by atoms with E-state index >= 15 is 0 Å². The topological polar surface area (TPSA) is 66.4 Å². The first kappa shape index (κ1) is 12.8. The van der Waals surface area contributed by atoms with E-state index in [1.807, 2.05) is 0 Å². The Hall–Kier alpha value is -1.21. The van der Waals surface area contributed by atoms with Crippen LogP contribution in [0.3, 0.4) is 0 Å². The van der Waals surface area contributed by atoms with Gasteiger partial charge in [-0.1, -0.05) is 0 Å². The molecule has 2 fully saturated rings. The number of rotatable bonds is 3. The molecule has 0 aliphatic carbocycles. The zero-order valence-corrected chi connectivity index (χ0v) is 11.8. The molecule has 2 aliphatic heterocycles. The van der Waals surface area contributed by atoms with Crippen LogP contribution in [-0.2, 0) is 10.0 Å². The quantitative estimate of drug-likeness (QED) is 0.792. The predicted octanol–water partition coefficient (Wildman–Crippen LogP) is 0.194. The molecule has 0 spiro atoms. The average molecular weight is 282 g/mol. The fourth-order valence-corrected chi connectivity index (χ4v) is 4.18. The number of sulfonamides is 1. The van der Waals surface area contributed by atoms with Gasteiger partial charge in [-0.3, -0.25) is 0 Å². The Kier molecular flexibility index (Phi) is 3.18. The van der Waals surface area contributed by atoms with Crippen molar-refractivity contribution in [3.8, 4) is 0 Å². The van der Waals surface area contributed by atoms with Gasteiger partial charge in [-0.15, -0.1) is 0 Å². The number of fused-ring (bicyclic) bond motifs is 1. The number of hydrogen-bond acceptors (Lipinski definition) is 5. The minimum absolute atomic E-state index is 0.192. The van der Waals surface area contributed by atoms with Gasteiger partial charge in [-0.05, 0) is 24.8 Å². The summed E-state index contributed by atoms with van der Waals surface area (Å²) in [5.74, 6) is 1.76. The van der Waals surface area contributed by atoms with Crippen molar-refractivity contribution >= 4 is 16.0 Å². The molecule has 104 valence electrons. The van der Waals surface area contributed by atoms with Crippen LogP contribution >= 0.6 is 0 Å². The molecule has 6 nitrogen and oxygen atoms in total. The highest BCUT2D eigenvalue weighted by molar-refractivity contribution is 7.89. The molecule has 2 unspecified atom stereocenters. The van der Waals surface area contributed by atoms with Crippen LogP contribution in [0.2, 0.25) is 0 Å². The van der Waals surface area contributed by atoms with Gasteiger partial charge in [0, 0.05) is 38.6 Å². The van der Waals surface area contributed by atoms with Crippen molar-refractivity contribution in [1.29, 1.82) is 0 Å². The molecular formula is C12H18N4O2S. The molecule has 3 rings (SSSR count). The highest BCUT2D eigenvalue weighted by Gasteiger charge is 2.43. The molecule has 0 saturated carbocycles. The maximum absolute atomic E-state index is 11.9. The van der Waals surface area contributed by atoms with E-state index in [1.165, 1.54) is 0 Å². The third-order valence-corrected chi connectivity index (χ3v) is 5.86. The highest BCUT2D eigenvalue weighted by atomic mass is 32.2. The number of aromatic nitrogens is 2. The molecule has 3 heterocycles. The Morgan fingerprint density at radius 3 is 2.26 bits per heavy atom. The second-order valence-electron chi connectivity index (χ2n) is 5.19. The van der Waals surface area contributed by atoms with E-state index in [9.17, 15) is 8.42 Å². The molecule has 7 heteroatoms. The highest BCUT2D eigenvalue weighted by Crippen LogP contribution is 2.33. The summed E-state index contributed by atoms with van der Waals surface area (Å²) >= 11 is 0. The summed E-state index contributed by atoms with van der Waals surface area (Å²) in [5, 5.41) is 0. The van der Waals surface area contributed by atoms with Crippen molar-refractivity contribution in [3.63, 3.8) is 0 Å². The van der Waals surface area contributed by atoms with E-state index in [4.69, 9.17) is 0 Å². The van der Waals surface area contributed by atoms with Crippen LogP contribution in [0.15, 0.2) is 18.5 Å². The van der Waals surface area contributed by atoms with E-state index in [0.29, 0.717) is 24.9 Å². The van der Waals surface area contributed by atoms with Gasteiger partial charge >= 0.3 is 0 Å². The number of hydrogen-bond donors (Lipinski definition) is 0. The zero-order chi connectivity index (χ0) is 13.5. The molecule has 2 aliphatic rings. The Morgan fingerprint density at radius 2 is 1.74 bits per heavy atom. The van der Waals surface area contributed by atoms with E-state index in [0.717, 1.165) is 19.0 Å². The third kappa shape index (κ3) is 2.32. The second-order valence-corrected chi connectivity index (χ2v) is 7.45. The lowest BCUT2D eigenvalue weighted by atomic mass is 10.0. The SMILES string of the molecule is CCS(=O)(=O)N1CC2CN(c3ncccn3)CC2C1. The van der Waals surface area contributed by atoms with Gasteiger partial charge in [0.1, 0.15) is 0 Å². The molecule has 2 atom stereocenters. The fourth-order valence-electron chi connectivity index (χ4n) is 2.98. The van der Waals surface area contributed by atoms with Gasteiger partial charge in [0.15, 0.2) is 0 Å². The maximum atomic E-state index is 11.9. The van der Waals surface area contributed by atoms with Crippen molar-refractivity contribution in [2.75, 3.05) is 36.8 Å². The first-order valence-corrected chi connectivity index (χ1v) is 8.21. The van der Waals surface area contributed by atoms with Gasteiger partial charge < -0.3 is 4.90 Å². The molecule has 0 N–H and O–H groups in total. The van der Waals surface area contributed by atoms with Gasteiger partial charge in [-0.2, -0.15) is 0 Å². The van der Waals surface area contributed by atoms with E-state index in [2.05, 4.69) is 14.9 Å². The van der Waals surface area contributed by atoms with Crippen molar-refractivity contribution in [3.05, 3.63) is 18.5 Å². The lowest BCUT2D eigenvalue weighted by Crippen LogP contribution is -2.34. The summed E-state index contributed by atoms with van der Waals surface area (Å²) in [5.41, 5.74) is 0. The monoisotopic (exact) mass is 282 g/mol. The summed E-state index contributed by atoms with van der Waals surface area (Å²) in [6.07, 6.45) is 3.48. The van der Waals surface area contributed by atoms with Gasteiger partial charge in [0.25, 0.3) is 0 Å². The van der Waals surface area contributed by atoms with E-state index in [-0.39, 0.29) is 5.75 Å². The van der Waals surface area contributed by atoms with Gasteiger partial charge in [-0.25, -0.2) is 22.7 Å². The van der Waals surface area contributed by atoms with E-state index < -0.39 is 10.0 Å². The van der Waals surface area contributed by atoms with Crippen LogP contribution < -0.4 is 4.90 Å². The number of anilines is 1. The molecule has 0 aromatic carbocycles. The lowest BCUT2D eigenvalue weighted by molar-refractivity contribution is 0.454. The molecule has 0 radical (unpaired) electrons. The normalized spacial score (nSPS) is 27.7. The van der Waals surface area contributed by atoms with Crippen molar-refractivity contribution in [1.82, 2.24) is 14.3 Å². The van der Waals surface area contributed by atoms with Crippen LogP contribution in [0.25, 0.3) is 0 Å². The first-order chi connectivity index (χ1) is 9.10. The maximum Gasteiger partial charge on any atom is 0.225 e. The third-order valence-electron chi connectivity index (χ3n) is 4.05. The van der Waals surface area contributed by atoms with Gasteiger partial charge in [0.2, 0.25) is 16.0 Å². The summed E-state index contributed by atoms with van der Waals surface area (Å²) < 4.78 is 25.4. The average Bonchev–Trinajstić information content (AvgIpc) is 2.98. The molecular weight excluding hydrogens is 264 g/mol. The van der Waals surface area contributed by atoms with Crippen LogP contribution in [0.4, 0.5) is 5.95 Å². The lowest BCUT2D eigenvalue weighted by Gasteiger charge is -2.20. The molecule has 19 heavy (non-hydrogen) atoms. The van der Waals surface area contributed by atoms with Gasteiger partial charge in [0.05, 0.1) is 5.75 Å². The number of nitrogens with zero attached hydrogens (tertiary/aromatic N) is 4. The van der Waals surface area contributed by atoms with Crippen LogP contribution in [0.5, 0.6) is 0 Å². The van der Waals surface area contributed by atoms with Crippen LogP contribution in [-0.4, -0.2) is 54.6 Å². The van der Waals surface area contributed by atoms with Crippen molar-refractivity contribution < 1.29 is 8.42 Å². The molecule has 0 amide bonds. The van der Waals surface area contributed by atoms with Crippen molar-refractivity contribution in [2.24, 2.45) is 11.8 Å². The summed E-state index contributed by atoms with van der Waals surface area (Å²) in [6, 6.07) is 1.80. The van der Waals surface area contributed by atoms with Crippen LogP contribution in [0, 0.1) is 11.8 Å². The first-order valence-electron chi connectivity index (χ1n) is 6.60. The molecule has 2 saturated heterocycles. The Morgan fingerprint density at radius 1 is 1.16 bits per heavy atom. The summed E-state index contributed by atoms with van der Waals surface area (Å²) in [6.45, 7) is 4.69. The summed E-state index contributed by atoms with van der Waals surface area (Å²) in [7, 11) is -3.04. The zero-order valence-electron chi connectivity index (χ0n) is 10.9. The second kappa shape index (κ2) is 4.72.